The van der Waals surface area contributed by atoms with Crippen LogP contribution in [0, 0.1) is 0 Å². The molecule has 0 aliphatic carbocycles. The van der Waals surface area contributed by atoms with Crippen LogP contribution in [0.3, 0.4) is 0 Å². The van der Waals surface area contributed by atoms with Crippen molar-refractivity contribution < 1.29 is 9.30 Å². The molecule has 0 fully saturated rings. The van der Waals surface area contributed by atoms with Gasteiger partial charge in [-0.3, -0.25) is 0 Å². The van der Waals surface area contributed by atoms with Crippen molar-refractivity contribution >= 4 is 68.0 Å². The van der Waals surface area contributed by atoms with E-state index in [1.165, 1.54) is 16.3 Å². The maximum Gasteiger partial charge on any atom is 0.176 e. The Kier molecular flexibility index (Phi) is 6.74. The van der Waals surface area contributed by atoms with Crippen LogP contribution in [0.4, 0.5) is 34.1 Å². The summed E-state index contributed by atoms with van der Waals surface area (Å²) in [6.07, 6.45) is 0. The minimum atomic E-state index is -3.15. The lowest BCUT2D eigenvalue weighted by Gasteiger charge is -2.39. The van der Waals surface area contributed by atoms with Gasteiger partial charge in [0.25, 0.3) is 0 Å². The highest BCUT2D eigenvalue weighted by Crippen LogP contribution is 2.61. The van der Waals surface area contributed by atoms with Crippen molar-refractivity contribution in [3.63, 3.8) is 0 Å². The van der Waals surface area contributed by atoms with Gasteiger partial charge in [0.2, 0.25) is 0 Å². The first-order chi connectivity index (χ1) is 25.2. The van der Waals surface area contributed by atoms with Crippen LogP contribution in [0.25, 0.3) is 21.9 Å². The zero-order chi connectivity index (χ0) is 33.9. The average Bonchev–Trinajstić information content (AvgIpc) is 3.21. The molecule has 0 spiro atoms. The summed E-state index contributed by atoms with van der Waals surface area (Å²) in [6.45, 7) is 0. The zero-order valence-corrected chi connectivity index (χ0v) is 28.5. The van der Waals surface area contributed by atoms with E-state index in [2.05, 4.69) is 107 Å². The maximum absolute atomic E-state index is 15.3. The van der Waals surface area contributed by atoms with E-state index in [1.54, 1.807) is 0 Å². The number of rotatable bonds is 5. The molecule has 51 heavy (non-hydrogen) atoms. The second-order valence-electron chi connectivity index (χ2n) is 12.9. The molecule has 0 saturated heterocycles. The lowest BCUT2D eigenvalue weighted by molar-refractivity contribution is 0.478. The van der Waals surface area contributed by atoms with Crippen LogP contribution in [0.5, 0.6) is 11.5 Å². The Balaban J connectivity index is 1.21. The SMILES string of the molecule is O=P(c1ccccc1)(c1ccccc1)c1ccc(N2c3c(ccc4c3Oc3ccccc3N4c3ccccc3)-c3cccc4cccc2c34)cc1. The maximum atomic E-state index is 15.3. The van der Waals surface area contributed by atoms with E-state index in [0.29, 0.717) is 0 Å². The van der Waals surface area contributed by atoms with Gasteiger partial charge in [0.05, 0.1) is 22.7 Å². The predicted octanol–water partition coefficient (Wildman–Crippen LogP) is 11.5. The second kappa shape index (κ2) is 11.6. The minimum Gasteiger partial charge on any atom is -0.451 e. The molecular formula is C46H31N2O2P. The first-order valence-corrected chi connectivity index (χ1v) is 18.8. The van der Waals surface area contributed by atoms with E-state index in [4.69, 9.17) is 4.74 Å². The van der Waals surface area contributed by atoms with Gasteiger partial charge in [0, 0.05) is 38.2 Å². The number of hydrogen-bond donors (Lipinski definition) is 0. The Morgan fingerprint density at radius 1 is 0.412 bits per heavy atom. The predicted molar refractivity (Wildman–Crippen MR) is 212 cm³/mol. The van der Waals surface area contributed by atoms with Crippen molar-refractivity contribution in [2.75, 3.05) is 9.80 Å². The molecule has 4 nitrogen and oxygen atoms in total. The number of para-hydroxylation sites is 3. The standard InChI is InChI=1S/C46H31N2O2P/c49-51(35-18-6-2-7-19-35,36-20-8-3-9-21-36)37-28-26-34(27-29-37)48-41-24-13-15-32-14-12-22-38(44(32)41)39-30-31-42-46(45(39)48)50-43-25-11-10-23-40(43)47(42)33-16-4-1-5-17-33/h1-31H. The van der Waals surface area contributed by atoms with Crippen molar-refractivity contribution in [2.45, 2.75) is 0 Å². The molecule has 0 bridgehead atoms. The molecule has 242 valence electrons. The zero-order valence-electron chi connectivity index (χ0n) is 27.6. The monoisotopic (exact) mass is 674 g/mol. The Hall–Kier alpha value is -6.35. The van der Waals surface area contributed by atoms with E-state index < -0.39 is 7.14 Å². The van der Waals surface area contributed by atoms with Gasteiger partial charge < -0.3 is 19.1 Å². The van der Waals surface area contributed by atoms with Gasteiger partial charge >= 0.3 is 0 Å². The molecule has 0 aromatic heterocycles. The van der Waals surface area contributed by atoms with Gasteiger partial charge in [0.1, 0.15) is 0 Å². The van der Waals surface area contributed by atoms with Crippen LogP contribution in [-0.4, -0.2) is 0 Å². The molecular weight excluding hydrogens is 643 g/mol. The fraction of sp³-hybridized carbons (Fsp3) is 0. The third-order valence-electron chi connectivity index (χ3n) is 10.0. The van der Waals surface area contributed by atoms with Crippen LogP contribution in [0.15, 0.2) is 188 Å². The average molecular weight is 675 g/mol. The van der Waals surface area contributed by atoms with Gasteiger partial charge in [-0.2, -0.15) is 0 Å². The number of anilines is 6. The topological polar surface area (TPSA) is 32.8 Å². The summed E-state index contributed by atoms with van der Waals surface area (Å²) >= 11 is 0. The van der Waals surface area contributed by atoms with E-state index in [0.717, 1.165) is 67.1 Å². The van der Waals surface area contributed by atoms with Gasteiger partial charge in [-0.05, 0) is 77.7 Å². The highest BCUT2D eigenvalue weighted by atomic mass is 31.2. The first-order valence-electron chi connectivity index (χ1n) is 17.1. The molecule has 2 aliphatic heterocycles. The van der Waals surface area contributed by atoms with Gasteiger partial charge in [0.15, 0.2) is 18.6 Å². The van der Waals surface area contributed by atoms with Crippen LogP contribution in [0.2, 0.25) is 0 Å². The van der Waals surface area contributed by atoms with E-state index in [9.17, 15) is 0 Å². The molecule has 2 aliphatic rings. The summed E-state index contributed by atoms with van der Waals surface area (Å²) in [7, 11) is -3.15. The molecule has 8 aromatic carbocycles. The van der Waals surface area contributed by atoms with Crippen molar-refractivity contribution in [1.29, 1.82) is 0 Å². The number of hydrogen-bond acceptors (Lipinski definition) is 4. The highest BCUT2D eigenvalue weighted by molar-refractivity contribution is 7.85. The summed E-state index contributed by atoms with van der Waals surface area (Å²) < 4.78 is 22.2. The third-order valence-corrected chi connectivity index (χ3v) is 13.1. The number of fused-ring (bicyclic) bond motifs is 5. The summed E-state index contributed by atoms with van der Waals surface area (Å²) in [6, 6.07) is 64.0. The summed E-state index contributed by atoms with van der Waals surface area (Å²) in [5.41, 5.74) is 8.26. The quantitative estimate of drug-likeness (QED) is 0.170. The lowest BCUT2D eigenvalue weighted by atomic mass is 9.89. The molecule has 0 N–H and O–H groups in total. The third kappa shape index (κ3) is 4.50. The van der Waals surface area contributed by atoms with E-state index >= 15 is 4.57 Å². The van der Waals surface area contributed by atoms with Gasteiger partial charge in [-0.1, -0.05) is 121 Å². The molecule has 5 heteroatoms. The lowest BCUT2D eigenvalue weighted by Crippen LogP contribution is -2.25. The van der Waals surface area contributed by atoms with Crippen LogP contribution in [-0.2, 0) is 4.57 Å². The molecule has 0 atom stereocenters. The Morgan fingerprint density at radius 3 is 1.69 bits per heavy atom. The summed E-state index contributed by atoms with van der Waals surface area (Å²) in [5, 5.41) is 4.77. The second-order valence-corrected chi connectivity index (χ2v) is 15.6. The fourth-order valence-electron chi connectivity index (χ4n) is 7.76. The van der Waals surface area contributed by atoms with Crippen LogP contribution in [0.1, 0.15) is 0 Å². The fourth-order valence-corrected chi connectivity index (χ4v) is 10.4. The first kappa shape index (κ1) is 29.6. The largest absolute Gasteiger partial charge is 0.451 e. The minimum absolute atomic E-state index is 0.782. The van der Waals surface area contributed by atoms with E-state index in [-0.39, 0.29) is 0 Å². The molecule has 10 rings (SSSR count). The van der Waals surface area contributed by atoms with Crippen molar-refractivity contribution in [3.05, 3.63) is 188 Å². The van der Waals surface area contributed by atoms with Gasteiger partial charge in [-0.15, -0.1) is 0 Å². The van der Waals surface area contributed by atoms with Crippen molar-refractivity contribution in [3.8, 4) is 22.6 Å². The number of nitrogens with zero attached hydrogens (tertiary/aromatic N) is 2. The van der Waals surface area contributed by atoms with E-state index in [1.807, 2.05) is 91.0 Å². The Bertz CT molecular complexity index is 2590. The molecule has 8 aromatic rings. The Morgan fingerprint density at radius 2 is 0.980 bits per heavy atom. The number of benzene rings is 8. The molecule has 0 unspecified atom stereocenters. The Labute approximate surface area is 296 Å². The molecule has 0 saturated carbocycles. The highest BCUT2D eigenvalue weighted by Gasteiger charge is 2.36. The number of ether oxygens (including phenoxy) is 1. The van der Waals surface area contributed by atoms with Crippen LogP contribution < -0.4 is 30.5 Å². The summed E-state index contributed by atoms with van der Waals surface area (Å²) in [5.74, 6) is 1.58. The summed E-state index contributed by atoms with van der Waals surface area (Å²) in [4.78, 5) is 4.60. The van der Waals surface area contributed by atoms with Crippen molar-refractivity contribution in [2.24, 2.45) is 0 Å². The smallest absolute Gasteiger partial charge is 0.176 e. The normalized spacial score (nSPS) is 12.9. The molecule has 0 amide bonds. The molecule has 2 heterocycles. The van der Waals surface area contributed by atoms with Crippen molar-refractivity contribution in [1.82, 2.24) is 0 Å². The van der Waals surface area contributed by atoms with Gasteiger partial charge in [-0.25, -0.2) is 0 Å². The molecule has 0 radical (unpaired) electrons. The van der Waals surface area contributed by atoms with Crippen LogP contribution >= 0.6 is 7.14 Å².